The van der Waals surface area contributed by atoms with Crippen LogP contribution in [0.4, 0.5) is 0 Å². The van der Waals surface area contributed by atoms with Crippen LogP contribution in [0.1, 0.15) is 31.1 Å². The first-order chi connectivity index (χ1) is 13.0. The van der Waals surface area contributed by atoms with Crippen molar-refractivity contribution in [2.75, 3.05) is 20.8 Å². The lowest BCUT2D eigenvalue weighted by Gasteiger charge is -2.26. The molecule has 146 valence electrons. The van der Waals surface area contributed by atoms with Crippen LogP contribution in [-0.2, 0) is 11.2 Å². The maximum absolute atomic E-state index is 9.84. The molecule has 1 N–H and O–H groups in total. The van der Waals surface area contributed by atoms with E-state index in [9.17, 15) is 5.11 Å². The molecule has 0 amide bonds. The fraction of sp³-hybridized carbons (Fsp3) is 0.364. The maximum Gasteiger partial charge on any atom is 0.161 e. The molecule has 0 saturated heterocycles. The smallest absolute Gasteiger partial charge is 0.161 e. The van der Waals surface area contributed by atoms with Crippen molar-refractivity contribution in [2.45, 2.75) is 32.5 Å². The molecule has 2 aromatic rings. The van der Waals surface area contributed by atoms with Gasteiger partial charge in [0.15, 0.2) is 23.0 Å². The van der Waals surface area contributed by atoms with Gasteiger partial charge in [0.2, 0.25) is 0 Å². The highest BCUT2D eigenvalue weighted by molar-refractivity contribution is 5.44. The molecule has 0 radical (unpaired) electrons. The monoisotopic (exact) mass is 372 g/mol. The molecule has 0 saturated carbocycles. The van der Waals surface area contributed by atoms with Crippen LogP contribution in [0, 0.1) is 0 Å². The minimum Gasteiger partial charge on any atom is -0.504 e. The largest absolute Gasteiger partial charge is 0.504 e. The lowest BCUT2D eigenvalue weighted by atomic mass is 10.0. The van der Waals surface area contributed by atoms with Gasteiger partial charge in [-0.25, -0.2) is 0 Å². The predicted octanol–water partition coefficient (Wildman–Crippen LogP) is 4.68. The molecule has 2 unspecified atom stereocenters. The molecule has 2 rings (SSSR count). The van der Waals surface area contributed by atoms with Crippen LogP contribution in [0.5, 0.6) is 23.0 Å². The van der Waals surface area contributed by atoms with Gasteiger partial charge in [-0.1, -0.05) is 18.2 Å². The Morgan fingerprint density at radius 3 is 2.41 bits per heavy atom. The van der Waals surface area contributed by atoms with Gasteiger partial charge < -0.3 is 24.1 Å². The molecule has 0 aliphatic heterocycles. The molecule has 0 spiro atoms. The molecular formula is C22H28O5. The van der Waals surface area contributed by atoms with E-state index in [1.807, 2.05) is 44.2 Å². The summed E-state index contributed by atoms with van der Waals surface area (Å²) in [5, 5.41) is 9.84. The molecule has 0 aliphatic carbocycles. The van der Waals surface area contributed by atoms with Gasteiger partial charge in [-0.15, -0.1) is 6.58 Å². The number of benzene rings is 2. The Balaban J connectivity index is 2.27. The minimum absolute atomic E-state index is 0.0875. The number of hydrogen-bond acceptors (Lipinski definition) is 5. The third-order valence-corrected chi connectivity index (χ3v) is 4.23. The molecule has 27 heavy (non-hydrogen) atoms. The van der Waals surface area contributed by atoms with Crippen LogP contribution in [0.25, 0.3) is 0 Å². The summed E-state index contributed by atoms with van der Waals surface area (Å²) >= 11 is 0. The second-order valence-corrected chi connectivity index (χ2v) is 6.11. The number of phenols is 1. The third-order valence-electron chi connectivity index (χ3n) is 4.23. The summed E-state index contributed by atoms with van der Waals surface area (Å²) < 4.78 is 22.8. The SMILES string of the molecule is C=CCc1ccc(OC(C)C(OCC)c2ccc(O)c(OC)c2)c(OC)c1. The zero-order valence-electron chi connectivity index (χ0n) is 16.4. The zero-order valence-corrected chi connectivity index (χ0v) is 16.4. The first-order valence-electron chi connectivity index (χ1n) is 8.97. The molecule has 0 aliphatic rings. The van der Waals surface area contributed by atoms with Gasteiger partial charge in [0.25, 0.3) is 0 Å². The first kappa shape index (κ1) is 20.6. The number of hydrogen-bond donors (Lipinski definition) is 1. The van der Waals surface area contributed by atoms with Gasteiger partial charge in [-0.2, -0.15) is 0 Å². The van der Waals surface area contributed by atoms with E-state index < -0.39 is 0 Å². The van der Waals surface area contributed by atoms with E-state index in [1.54, 1.807) is 19.2 Å². The number of methoxy groups -OCH3 is 2. The van der Waals surface area contributed by atoms with Gasteiger partial charge >= 0.3 is 0 Å². The Kier molecular flexibility index (Phi) is 7.55. The lowest BCUT2D eigenvalue weighted by Crippen LogP contribution is -2.24. The van der Waals surface area contributed by atoms with E-state index in [2.05, 4.69) is 6.58 Å². The quantitative estimate of drug-likeness (QED) is 0.614. The van der Waals surface area contributed by atoms with Gasteiger partial charge in [0.1, 0.15) is 12.2 Å². The number of phenolic OH excluding ortho intramolecular Hbond substituents is 1. The van der Waals surface area contributed by atoms with Crippen molar-refractivity contribution in [2.24, 2.45) is 0 Å². The molecule has 0 fully saturated rings. The summed E-state index contributed by atoms with van der Waals surface area (Å²) in [6.45, 7) is 8.16. The fourth-order valence-corrected chi connectivity index (χ4v) is 2.92. The van der Waals surface area contributed by atoms with Gasteiger partial charge in [-0.3, -0.25) is 0 Å². The Morgan fingerprint density at radius 2 is 1.78 bits per heavy atom. The number of aromatic hydroxyl groups is 1. The topological polar surface area (TPSA) is 57.2 Å². The maximum atomic E-state index is 9.84. The van der Waals surface area contributed by atoms with Crippen LogP contribution < -0.4 is 14.2 Å². The van der Waals surface area contributed by atoms with E-state index >= 15 is 0 Å². The van der Waals surface area contributed by atoms with Crippen molar-refractivity contribution in [1.82, 2.24) is 0 Å². The van der Waals surface area contributed by atoms with Crippen molar-refractivity contribution < 1.29 is 24.1 Å². The zero-order chi connectivity index (χ0) is 19.8. The minimum atomic E-state index is -0.331. The first-order valence-corrected chi connectivity index (χ1v) is 8.97. The summed E-state index contributed by atoms with van der Waals surface area (Å²) in [5.74, 6) is 1.80. The van der Waals surface area contributed by atoms with Crippen molar-refractivity contribution in [3.63, 3.8) is 0 Å². The van der Waals surface area contributed by atoms with Gasteiger partial charge in [0.05, 0.1) is 14.2 Å². The molecule has 0 aromatic heterocycles. The van der Waals surface area contributed by atoms with Gasteiger partial charge in [0, 0.05) is 6.61 Å². The summed E-state index contributed by atoms with van der Waals surface area (Å²) in [6, 6.07) is 11.0. The van der Waals surface area contributed by atoms with Crippen LogP contribution >= 0.6 is 0 Å². The van der Waals surface area contributed by atoms with Crippen LogP contribution in [0.15, 0.2) is 49.1 Å². The van der Waals surface area contributed by atoms with Gasteiger partial charge in [-0.05, 0) is 55.7 Å². The van der Waals surface area contributed by atoms with E-state index in [4.69, 9.17) is 18.9 Å². The summed E-state index contributed by atoms with van der Waals surface area (Å²) in [7, 11) is 3.14. The highest BCUT2D eigenvalue weighted by Crippen LogP contribution is 2.35. The van der Waals surface area contributed by atoms with Crippen LogP contribution in [-0.4, -0.2) is 32.0 Å². The Hall–Kier alpha value is -2.66. The molecular weight excluding hydrogens is 344 g/mol. The van der Waals surface area contributed by atoms with Crippen molar-refractivity contribution in [1.29, 1.82) is 0 Å². The van der Waals surface area contributed by atoms with Crippen molar-refractivity contribution in [3.8, 4) is 23.0 Å². The second-order valence-electron chi connectivity index (χ2n) is 6.11. The van der Waals surface area contributed by atoms with Crippen molar-refractivity contribution >= 4 is 0 Å². The summed E-state index contributed by atoms with van der Waals surface area (Å²) in [6.07, 6.45) is 1.99. The standard InChI is InChI=1S/C22H28O5/c1-6-8-16-9-12-19(21(13-16)25-5)27-15(3)22(26-7-2)17-10-11-18(23)20(14-17)24-4/h6,9-15,22-23H,1,7-8H2,2-5H3. The average Bonchev–Trinajstić information content (AvgIpc) is 2.68. The highest BCUT2D eigenvalue weighted by Gasteiger charge is 2.24. The Bertz CT molecular complexity index is 756. The molecule has 5 nitrogen and oxygen atoms in total. The average molecular weight is 372 g/mol. The molecule has 0 heterocycles. The van der Waals surface area contributed by atoms with E-state index in [0.29, 0.717) is 23.9 Å². The molecule has 0 bridgehead atoms. The van der Waals surface area contributed by atoms with Crippen LogP contribution in [0.2, 0.25) is 0 Å². The summed E-state index contributed by atoms with van der Waals surface area (Å²) in [4.78, 5) is 0. The number of ether oxygens (including phenoxy) is 4. The normalized spacial score (nSPS) is 12.9. The lowest BCUT2D eigenvalue weighted by molar-refractivity contribution is -0.0155. The number of rotatable bonds is 10. The Morgan fingerprint density at radius 1 is 1.04 bits per heavy atom. The Labute approximate surface area is 161 Å². The number of allylic oxidation sites excluding steroid dienone is 1. The van der Waals surface area contributed by atoms with E-state index in [1.165, 1.54) is 7.11 Å². The van der Waals surface area contributed by atoms with Crippen LogP contribution in [0.3, 0.4) is 0 Å². The highest BCUT2D eigenvalue weighted by atomic mass is 16.6. The second kappa shape index (κ2) is 9.88. The molecule has 5 heteroatoms. The molecule has 2 aromatic carbocycles. The molecule has 2 atom stereocenters. The summed E-state index contributed by atoms with van der Waals surface area (Å²) in [5.41, 5.74) is 1.97. The fourth-order valence-electron chi connectivity index (χ4n) is 2.92. The van der Waals surface area contributed by atoms with E-state index in [0.717, 1.165) is 17.5 Å². The van der Waals surface area contributed by atoms with Crippen molar-refractivity contribution in [3.05, 3.63) is 60.2 Å². The van der Waals surface area contributed by atoms with E-state index in [-0.39, 0.29) is 18.0 Å². The predicted molar refractivity (Wildman–Crippen MR) is 106 cm³/mol. The third kappa shape index (κ3) is 5.17.